The van der Waals surface area contributed by atoms with Crippen LogP contribution in [0.1, 0.15) is 46.6 Å². The van der Waals surface area contributed by atoms with Crippen molar-refractivity contribution in [3.8, 4) is 0 Å². The van der Waals surface area contributed by atoms with Crippen LogP contribution in [0.2, 0.25) is 0 Å². The number of halogens is 1. The van der Waals surface area contributed by atoms with Gasteiger partial charge in [0.15, 0.2) is 0 Å². The molecule has 0 N–H and O–H groups in total. The van der Waals surface area contributed by atoms with Crippen molar-refractivity contribution in [3.05, 3.63) is 35.6 Å². The topological polar surface area (TPSA) is 9.23 Å². The van der Waals surface area contributed by atoms with Crippen LogP contribution in [0.3, 0.4) is 0 Å². The van der Waals surface area contributed by atoms with E-state index in [9.17, 15) is 4.39 Å². The van der Waals surface area contributed by atoms with E-state index in [1.54, 1.807) is 0 Å². The van der Waals surface area contributed by atoms with Gasteiger partial charge in [-0.15, -0.1) is 0 Å². The Bertz CT molecular complexity index is 271. The van der Waals surface area contributed by atoms with E-state index in [-0.39, 0.29) is 5.82 Å². The van der Waals surface area contributed by atoms with E-state index in [4.69, 9.17) is 4.74 Å². The second kappa shape index (κ2) is 9.17. The highest BCUT2D eigenvalue weighted by Crippen LogP contribution is 2.04. The maximum atomic E-state index is 12.3. The van der Waals surface area contributed by atoms with Crippen molar-refractivity contribution in [2.75, 3.05) is 0 Å². The standard InChI is InChI=1S/C9H11F.C6H14O/c1-2-3-8-4-6-9(10)7-5-8;1-5(2)7-6(3)4/h4-7H,2-3H2,1H3;5-6H,1-4H3. The first-order chi connectivity index (χ1) is 7.95. The largest absolute Gasteiger partial charge is 0.376 e. The lowest BCUT2D eigenvalue weighted by atomic mass is 10.1. The smallest absolute Gasteiger partial charge is 0.123 e. The van der Waals surface area contributed by atoms with Crippen LogP contribution in [0.5, 0.6) is 0 Å². The summed E-state index contributed by atoms with van der Waals surface area (Å²) in [6.45, 7) is 10.3. The molecule has 0 unspecified atom stereocenters. The quantitative estimate of drug-likeness (QED) is 0.747. The van der Waals surface area contributed by atoms with E-state index >= 15 is 0 Å². The minimum atomic E-state index is -0.153. The SMILES string of the molecule is CC(C)OC(C)C.CCCc1ccc(F)cc1. The zero-order valence-corrected chi connectivity index (χ0v) is 11.7. The van der Waals surface area contributed by atoms with Gasteiger partial charge in [-0.3, -0.25) is 0 Å². The molecular weight excluding hydrogens is 215 g/mol. The Balaban J connectivity index is 0.000000325. The predicted molar refractivity (Wildman–Crippen MR) is 71.8 cm³/mol. The average Bonchev–Trinajstić information content (AvgIpc) is 2.20. The highest BCUT2D eigenvalue weighted by molar-refractivity contribution is 5.15. The molecule has 0 radical (unpaired) electrons. The zero-order chi connectivity index (χ0) is 13.3. The third-order valence-electron chi connectivity index (χ3n) is 2.00. The molecule has 0 saturated carbocycles. The van der Waals surface area contributed by atoms with E-state index < -0.39 is 0 Å². The number of benzene rings is 1. The third-order valence-corrected chi connectivity index (χ3v) is 2.00. The van der Waals surface area contributed by atoms with E-state index in [1.165, 1.54) is 17.7 Å². The summed E-state index contributed by atoms with van der Waals surface area (Å²) >= 11 is 0. The van der Waals surface area contributed by atoms with E-state index in [2.05, 4.69) is 6.92 Å². The van der Waals surface area contributed by atoms with Gasteiger partial charge in [-0.2, -0.15) is 0 Å². The molecule has 1 aromatic carbocycles. The van der Waals surface area contributed by atoms with Gasteiger partial charge in [0.25, 0.3) is 0 Å². The fourth-order valence-electron chi connectivity index (χ4n) is 1.48. The summed E-state index contributed by atoms with van der Waals surface area (Å²) in [5.41, 5.74) is 1.21. The van der Waals surface area contributed by atoms with Crippen molar-refractivity contribution in [1.29, 1.82) is 0 Å². The molecule has 0 aliphatic heterocycles. The maximum absolute atomic E-state index is 12.3. The minimum absolute atomic E-state index is 0.153. The highest BCUT2D eigenvalue weighted by Gasteiger charge is 1.94. The minimum Gasteiger partial charge on any atom is -0.376 e. The van der Waals surface area contributed by atoms with Gasteiger partial charge in [-0.05, 0) is 51.8 Å². The molecule has 0 saturated heterocycles. The summed E-state index contributed by atoms with van der Waals surface area (Å²) in [5, 5.41) is 0. The van der Waals surface area contributed by atoms with Crippen LogP contribution in [-0.2, 0) is 11.2 Å². The lowest BCUT2D eigenvalue weighted by Crippen LogP contribution is -2.09. The van der Waals surface area contributed by atoms with Crippen LogP contribution in [-0.4, -0.2) is 12.2 Å². The predicted octanol–water partition coefficient (Wildman–Crippen LogP) is 4.60. The van der Waals surface area contributed by atoms with Crippen LogP contribution in [0, 0.1) is 5.82 Å². The third kappa shape index (κ3) is 10.0. The zero-order valence-electron chi connectivity index (χ0n) is 11.7. The molecule has 0 aliphatic carbocycles. The number of aryl methyl sites for hydroxylation is 1. The van der Waals surface area contributed by atoms with Crippen molar-refractivity contribution in [3.63, 3.8) is 0 Å². The number of rotatable bonds is 4. The van der Waals surface area contributed by atoms with Crippen molar-refractivity contribution in [1.82, 2.24) is 0 Å². The van der Waals surface area contributed by atoms with Gasteiger partial charge < -0.3 is 4.74 Å². The molecule has 0 heterocycles. The summed E-state index contributed by atoms with van der Waals surface area (Å²) < 4.78 is 17.6. The van der Waals surface area contributed by atoms with Gasteiger partial charge in [0.1, 0.15) is 5.82 Å². The van der Waals surface area contributed by atoms with Crippen LogP contribution in [0.4, 0.5) is 4.39 Å². The summed E-state index contributed by atoms with van der Waals surface area (Å²) in [4.78, 5) is 0. The average molecular weight is 240 g/mol. The van der Waals surface area contributed by atoms with Gasteiger partial charge in [0, 0.05) is 0 Å². The van der Waals surface area contributed by atoms with Gasteiger partial charge in [0.2, 0.25) is 0 Å². The molecule has 0 bridgehead atoms. The first-order valence-electron chi connectivity index (χ1n) is 6.35. The Morgan fingerprint density at radius 2 is 1.47 bits per heavy atom. The monoisotopic (exact) mass is 240 g/mol. The molecule has 0 atom stereocenters. The molecule has 2 heteroatoms. The van der Waals surface area contributed by atoms with E-state index in [1.807, 2.05) is 39.8 Å². The molecule has 98 valence electrons. The van der Waals surface area contributed by atoms with Crippen LogP contribution in [0.25, 0.3) is 0 Å². The molecule has 0 amide bonds. The molecule has 1 nitrogen and oxygen atoms in total. The second-order valence-corrected chi connectivity index (χ2v) is 4.61. The lowest BCUT2D eigenvalue weighted by Gasteiger charge is -2.09. The van der Waals surface area contributed by atoms with Crippen molar-refractivity contribution in [2.24, 2.45) is 0 Å². The summed E-state index contributed by atoms with van der Waals surface area (Å²) in [7, 11) is 0. The Morgan fingerprint density at radius 1 is 1.00 bits per heavy atom. The molecule has 0 aliphatic rings. The summed E-state index contributed by atoms with van der Waals surface area (Å²) in [6, 6.07) is 6.67. The fraction of sp³-hybridized carbons (Fsp3) is 0.600. The Kier molecular flexibility index (Phi) is 8.69. The van der Waals surface area contributed by atoms with Crippen LogP contribution < -0.4 is 0 Å². The first-order valence-corrected chi connectivity index (χ1v) is 6.35. The number of hydrogen-bond acceptors (Lipinski definition) is 1. The van der Waals surface area contributed by atoms with Gasteiger partial charge >= 0.3 is 0 Å². The van der Waals surface area contributed by atoms with Gasteiger partial charge in [-0.25, -0.2) is 4.39 Å². The summed E-state index contributed by atoms with van der Waals surface area (Å²) in [6.07, 6.45) is 2.91. The van der Waals surface area contributed by atoms with Gasteiger partial charge in [-0.1, -0.05) is 25.5 Å². The van der Waals surface area contributed by atoms with Gasteiger partial charge in [0.05, 0.1) is 12.2 Å². The molecule has 0 spiro atoms. The fourth-order valence-corrected chi connectivity index (χ4v) is 1.48. The Morgan fingerprint density at radius 3 is 1.76 bits per heavy atom. The molecule has 1 rings (SSSR count). The van der Waals surface area contributed by atoms with Crippen molar-refractivity contribution >= 4 is 0 Å². The molecule has 17 heavy (non-hydrogen) atoms. The molecular formula is C15H25FO. The van der Waals surface area contributed by atoms with E-state index in [0.29, 0.717) is 12.2 Å². The molecule has 1 aromatic rings. The van der Waals surface area contributed by atoms with Crippen molar-refractivity contribution < 1.29 is 9.13 Å². The molecule has 0 aromatic heterocycles. The first kappa shape index (κ1) is 16.1. The van der Waals surface area contributed by atoms with Crippen molar-refractivity contribution in [2.45, 2.75) is 59.7 Å². The summed E-state index contributed by atoms with van der Waals surface area (Å²) in [5.74, 6) is -0.153. The second-order valence-electron chi connectivity index (χ2n) is 4.61. The Labute approximate surface area is 105 Å². The highest BCUT2D eigenvalue weighted by atomic mass is 19.1. The Hall–Kier alpha value is -0.890. The number of hydrogen-bond donors (Lipinski definition) is 0. The lowest BCUT2D eigenvalue weighted by molar-refractivity contribution is 0.0300. The van der Waals surface area contributed by atoms with Crippen LogP contribution >= 0.6 is 0 Å². The van der Waals surface area contributed by atoms with Crippen LogP contribution in [0.15, 0.2) is 24.3 Å². The normalized spacial score (nSPS) is 10.4. The maximum Gasteiger partial charge on any atom is 0.123 e. The number of ether oxygens (including phenoxy) is 1. The molecule has 0 fully saturated rings. The van der Waals surface area contributed by atoms with E-state index in [0.717, 1.165) is 12.8 Å².